The quantitative estimate of drug-likeness (QED) is 0.738. The molecule has 28 heavy (non-hydrogen) atoms. The molecule has 0 saturated carbocycles. The lowest BCUT2D eigenvalue weighted by atomic mass is 9.96. The third-order valence-corrected chi connectivity index (χ3v) is 5.45. The standard InChI is InChI=1S/C21H24FN5O/c1-15-4-2-5-18(22)19(15)21(28)24-12-16-6-10-26(11-7-16)14-17-13-25-27-9-3-8-23-20(17)27/h2-5,8-9,13,16H,6-7,10-12,14H2,1H3,(H,24,28). The van der Waals surface area contributed by atoms with E-state index in [1.807, 2.05) is 18.5 Å². The Bertz CT molecular complexity index is 958. The van der Waals surface area contributed by atoms with Crippen molar-refractivity contribution in [3.05, 3.63) is 65.4 Å². The minimum atomic E-state index is -0.464. The van der Waals surface area contributed by atoms with Gasteiger partial charge in [-0.1, -0.05) is 12.1 Å². The molecule has 146 valence electrons. The number of carbonyl (C=O) groups is 1. The molecule has 1 aliphatic rings. The van der Waals surface area contributed by atoms with E-state index in [1.54, 1.807) is 29.8 Å². The van der Waals surface area contributed by atoms with Crippen molar-refractivity contribution >= 4 is 11.6 Å². The van der Waals surface area contributed by atoms with Gasteiger partial charge in [0.1, 0.15) is 5.82 Å². The van der Waals surface area contributed by atoms with Crippen molar-refractivity contribution in [1.82, 2.24) is 24.8 Å². The minimum Gasteiger partial charge on any atom is -0.352 e. The van der Waals surface area contributed by atoms with Gasteiger partial charge < -0.3 is 5.32 Å². The Balaban J connectivity index is 1.28. The van der Waals surface area contributed by atoms with Crippen LogP contribution >= 0.6 is 0 Å². The minimum absolute atomic E-state index is 0.153. The van der Waals surface area contributed by atoms with E-state index >= 15 is 0 Å². The van der Waals surface area contributed by atoms with Gasteiger partial charge in [-0.25, -0.2) is 13.9 Å². The summed E-state index contributed by atoms with van der Waals surface area (Å²) < 4.78 is 15.7. The largest absolute Gasteiger partial charge is 0.352 e. The predicted octanol–water partition coefficient (Wildman–Crippen LogP) is 2.82. The van der Waals surface area contributed by atoms with Gasteiger partial charge in [0, 0.05) is 31.0 Å². The van der Waals surface area contributed by atoms with E-state index in [4.69, 9.17) is 0 Å². The van der Waals surface area contributed by atoms with Gasteiger partial charge in [-0.3, -0.25) is 9.69 Å². The zero-order valence-corrected chi connectivity index (χ0v) is 15.9. The molecular formula is C21H24FN5O. The second-order valence-electron chi connectivity index (χ2n) is 7.42. The van der Waals surface area contributed by atoms with Crippen LogP contribution in [0.15, 0.2) is 42.9 Å². The summed E-state index contributed by atoms with van der Waals surface area (Å²) in [5.74, 6) is -0.376. The first-order valence-electron chi connectivity index (χ1n) is 9.64. The van der Waals surface area contributed by atoms with E-state index in [1.165, 1.54) is 6.07 Å². The lowest BCUT2D eigenvalue weighted by Crippen LogP contribution is -2.38. The number of likely N-dealkylation sites (tertiary alicyclic amines) is 1. The highest BCUT2D eigenvalue weighted by atomic mass is 19.1. The topological polar surface area (TPSA) is 62.5 Å². The molecule has 1 saturated heterocycles. The fraction of sp³-hybridized carbons (Fsp3) is 0.381. The SMILES string of the molecule is Cc1cccc(F)c1C(=O)NCC1CCN(Cc2cnn3cccnc23)CC1. The van der Waals surface area contributed by atoms with Crippen molar-refractivity contribution in [1.29, 1.82) is 0 Å². The van der Waals surface area contributed by atoms with Crippen molar-refractivity contribution < 1.29 is 9.18 Å². The van der Waals surface area contributed by atoms with Crippen LogP contribution in [0.1, 0.15) is 34.3 Å². The number of benzene rings is 1. The zero-order chi connectivity index (χ0) is 19.5. The number of carbonyl (C=O) groups excluding carboxylic acids is 1. The Hall–Kier alpha value is -2.80. The summed E-state index contributed by atoms with van der Waals surface area (Å²) in [6.07, 6.45) is 7.57. The summed E-state index contributed by atoms with van der Waals surface area (Å²) in [5, 5.41) is 7.25. The van der Waals surface area contributed by atoms with Crippen LogP contribution in [0.25, 0.3) is 5.65 Å². The number of fused-ring (bicyclic) bond motifs is 1. The van der Waals surface area contributed by atoms with Gasteiger partial charge in [-0.05, 0) is 56.5 Å². The van der Waals surface area contributed by atoms with Crippen LogP contribution in [0, 0.1) is 18.7 Å². The molecule has 0 atom stereocenters. The number of aryl methyl sites for hydroxylation is 1. The van der Waals surface area contributed by atoms with Gasteiger partial charge in [-0.15, -0.1) is 0 Å². The summed E-state index contributed by atoms with van der Waals surface area (Å²) >= 11 is 0. The first-order chi connectivity index (χ1) is 13.6. The lowest BCUT2D eigenvalue weighted by molar-refractivity contribution is 0.0930. The molecule has 1 aromatic carbocycles. The number of halogens is 1. The third kappa shape index (κ3) is 3.89. The first-order valence-corrected chi connectivity index (χ1v) is 9.64. The molecular weight excluding hydrogens is 357 g/mol. The summed E-state index contributed by atoms with van der Waals surface area (Å²) in [4.78, 5) is 19.2. The summed E-state index contributed by atoms with van der Waals surface area (Å²) in [6.45, 7) is 5.09. The monoisotopic (exact) mass is 381 g/mol. The number of rotatable bonds is 5. The molecule has 2 aromatic heterocycles. The summed E-state index contributed by atoms with van der Waals surface area (Å²) in [6, 6.07) is 6.57. The van der Waals surface area contributed by atoms with Gasteiger partial charge in [0.15, 0.2) is 5.65 Å². The van der Waals surface area contributed by atoms with Gasteiger partial charge >= 0.3 is 0 Å². The van der Waals surface area contributed by atoms with E-state index in [0.29, 0.717) is 18.0 Å². The summed E-state index contributed by atoms with van der Waals surface area (Å²) in [7, 11) is 0. The average molecular weight is 381 g/mol. The van der Waals surface area contributed by atoms with Gasteiger partial charge in [0.25, 0.3) is 5.91 Å². The molecule has 1 fully saturated rings. The fourth-order valence-electron chi connectivity index (χ4n) is 3.82. The maximum absolute atomic E-state index is 13.9. The number of piperidine rings is 1. The Kier molecular flexibility index (Phi) is 5.34. The second-order valence-corrected chi connectivity index (χ2v) is 7.42. The fourth-order valence-corrected chi connectivity index (χ4v) is 3.82. The van der Waals surface area contributed by atoms with Crippen LogP contribution in [-0.4, -0.2) is 45.0 Å². The van der Waals surface area contributed by atoms with Gasteiger partial charge in [0.2, 0.25) is 0 Å². The maximum atomic E-state index is 13.9. The predicted molar refractivity (Wildman–Crippen MR) is 104 cm³/mol. The molecule has 0 spiro atoms. The van der Waals surface area contributed by atoms with Crippen LogP contribution in [0.2, 0.25) is 0 Å². The number of hydrogen-bond acceptors (Lipinski definition) is 4. The van der Waals surface area contributed by atoms with Crippen LogP contribution in [-0.2, 0) is 6.54 Å². The summed E-state index contributed by atoms with van der Waals surface area (Å²) in [5.41, 5.74) is 2.84. The highest BCUT2D eigenvalue weighted by molar-refractivity contribution is 5.95. The van der Waals surface area contributed by atoms with Crippen molar-refractivity contribution in [2.45, 2.75) is 26.3 Å². The Morgan fingerprint density at radius 1 is 1.29 bits per heavy atom. The molecule has 4 rings (SSSR count). The highest BCUT2D eigenvalue weighted by Gasteiger charge is 2.22. The van der Waals surface area contributed by atoms with Crippen LogP contribution in [0.4, 0.5) is 4.39 Å². The molecule has 1 N–H and O–H groups in total. The van der Waals surface area contributed by atoms with Crippen LogP contribution in [0.5, 0.6) is 0 Å². The molecule has 1 amide bonds. The van der Waals surface area contributed by atoms with E-state index in [9.17, 15) is 9.18 Å². The van der Waals surface area contributed by atoms with Crippen molar-refractivity contribution in [3.8, 4) is 0 Å². The number of nitrogens with zero attached hydrogens (tertiary/aromatic N) is 4. The molecule has 6 nitrogen and oxygen atoms in total. The molecule has 0 aliphatic carbocycles. The van der Waals surface area contributed by atoms with Crippen LogP contribution < -0.4 is 5.32 Å². The highest BCUT2D eigenvalue weighted by Crippen LogP contribution is 2.20. The van der Waals surface area contributed by atoms with E-state index in [-0.39, 0.29) is 11.5 Å². The molecule has 0 radical (unpaired) electrons. The van der Waals surface area contributed by atoms with E-state index in [0.717, 1.165) is 43.7 Å². The number of amides is 1. The second kappa shape index (κ2) is 8.06. The van der Waals surface area contributed by atoms with E-state index < -0.39 is 5.82 Å². The van der Waals surface area contributed by atoms with E-state index in [2.05, 4.69) is 20.3 Å². The Morgan fingerprint density at radius 3 is 2.89 bits per heavy atom. The Labute approximate surface area is 163 Å². The smallest absolute Gasteiger partial charge is 0.254 e. The molecule has 3 aromatic rings. The molecule has 3 heterocycles. The lowest BCUT2D eigenvalue weighted by Gasteiger charge is -2.31. The van der Waals surface area contributed by atoms with Gasteiger partial charge in [-0.2, -0.15) is 5.10 Å². The van der Waals surface area contributed by atoms with Crippen LogP contribution in [0.3, 0.4) is 0 Å². The zero-order valence-electron chi connectivity index (χ0n) is 15.9. The first kappa shape index (κ1) is 18.6. The number of hydrogen-bond donors (Lipinski definition) is 1. The Morgan fingerprint density at radius 2 is 2.11 bits per heavy atom. The average Bonchev–Trinajstić information content (AvgIpc) is 3.10. The maximum Gasteiger partial charge on any atom is 0.254 e. The van der Waals surface area contributed by atoms with Gasteiger partial charge in [0.05, 0.1) is 11.8 Å². The molecule has 1 aliphatic heterocycles. The molecule has 0 unspecified atom stereocenters. The van der Waals surface area contributed by atoms with Crippen molar-refractivity contribution in [2.75, 3.05) is 19.6 Å². The third-order valence-electron chi connectivity index (χ3n) is 5.45. The van der Waals surface area contributed by atoms with Crippen molar-refractivity contribution in [3.63, 3.8) is 0 Å². The molecule has 7 heteroatoms. The van der Waals surface area contributed by atoms with Crippen molar-refractivity contribution in [2.24, 2.45) is 5.92 Å². The molecule has 0 bridgehead atoms. The number of aromatic nitrogens is 3. The normalized spacial score (nSPS) is 15.8. The number of nitrogens with one attached hydrogen (secondary N) is 1.